The van der Waals surface area contributed by atoms with Crippen molar-refractivity contribution >= 4 is 7.60 Å². The smallest absolute Gasteiger partial charge is 0.324 e. The second-order valence-corrected chi connectivity index (χ2v) is 5.10. The molecular weight excluding hydrogens is 213 g/mol. The van der Waals surface area contributed by atoms with Crippen LogP contribution in [0.1, 0.15) is 6.92 Å². The predicted molar refractivity (Wildman–Crippen MR) is 50.6 cm³/mol. The Bertz CT molecular complexity index is 260. The summed E-state index contributed by atoms with van der Waals surface area (Å²) in [5, 5.41) is -2.45. The topological polar surface area (TPSA) is 57.5 Å². The molecule has 82 valence electrons. The Morgan fingerprint density at radius 2 is 1.57 bits per heavy atom. The average molecular weight is 226 g/mol. The van der Waals surface area contributed by atoms with Crippen molar-refractivity contribution in [2.45, 2.75) is 24.4 Å². The number of halogens is 2. The van der Waals surface area contributed by atoms with Gasteiger partial charge < -0.3 is 9.79 Å². The molecule has 0 aliphatic heterocycles. The van der Waals surface area contributed by atoms with Crippen molar-refractivity contribution < 1.29 is 23.1 Å². The molecule has 0 spiro atoms. The lowest BCUT2D eigenvalue weighted by molar-refractivity contribution is 0.185. The van der Waals surface area contributed by atoms with E-state index in [4.69, 9.17) is 9.79 Å². The fourth-order valence-corrected chi connectivity index (χ4v) is 1.80. The summed E-state index contributed by atoms with van der Waals surface area (Å²) in [6, 6.07) is 0. The lowest BCUT2D eigenvalue weighted by atomic mass is 9.99. The summed E-state index contributed by atoms with van der Waals surface area (Å²) in [6.45, 7) is 6.90. The highest BCUT2D eigenvalue weighted by Gasteiger charge is 2.54. The van der Waals surface area contributed by atoms with Crippen molar-refractivity contribution in [2.24, 2.45) is 0 Å². The molecule has 0 heterocycles. The first kappa shape index (κ1) is 13.5. The Balaban J connectivity index is 5.36. The molecule has 2 unspecified atom stereocenters. The summed E-state index contributed by atoms with van der Waals surface area (Å²) < 4.78 is 37.4. The molecule has 14 heavy (non-hydrogen) atoms. The van der Waals surface area contributed by atoms with Crippen LogP contribution in [0.2, 0.25) is 0 Å². The van der Waals surface area contributed by atoms with Crippen LogP contribution >= 0.6 is 7.60 Å². The van der Waals surface area contributed by atoms with Gasteiger partial charge in [0, 0.05) is 0 Å². The largest absolute Gasteiger partial charge is 0.337 e. The lowest BCUT2D eigenvalue weighted by Gasteiger charge is -2.33. The van der Waals surface area contributed by atoms with E-state index in [-0.39, 0.29) is 0 Å². The molecule has 0 aromatic carbocycles. The lowest BCUT2D eigenvalue weighted by Crippen LogP contribution is -2.43. The van der Waals surface area contributed by atoms with Crippen LogP contribution in [0.4, 0.5) is 8.78 Å². The Morgan fingerprint density at radius 1 is 1.29 bits per heavy atom. The van der Waals surface area contributed by atoms with E-state index in [1.807, 2.05) is 0 Å². The molecule has 0 fully saturated rings. The van der Waals surface area contributed by atoms with Crippen LogP contribution < -0.4 is 0 Å². The van der Waals surface area contributed by atoms with Crippen molar-refractivity contribution in [2.75, 3.05) is 0 Å². The molecule has 2 atom stereocenters. The van der Waals surface area contributed by atoms with Gasteiger partial charge in [-0.1, -0.05) is 12.2 Å². The van der Waals surface area contributed by atoms with Crippen molar-refractivity contribution in [3.8, 4) is 0 Å². The molecular formula is C8H13F2O3P. The van der Waals surface area contributed by atoms with Crippen LogP contribution in [0.5, 0.6) is 0 Å². The minimum absolute atomic E-state index is 0.662. The van der Waals surface area contributed by atoms with Crippen LogP contribution in [0.3, 0.4) is 0 Å². The summed E-state index contributed by atoms with van der Waals surface area (Å²) in [5.74, 6) is 0. The van der Waals surface area contributed by atoms with E-state index in [2.05, 4.69) is 13.2 Å². The minimum atomic E-state index is -4.93. The van der Waals surface area contributed by atoms with Gasteiger partial charge in [0.25, 0.3) is 0 Å². The molecule has 0 aliphatic carbocycles. The van der Waals surface area contributed by atoms with Crippen molar-refractivity contribution in [3.05, 3.63) is 25.3 Å². The van der Waals surface area contributed by atoms with E-state index >= 15 is 0 Å². The molecule has 3 nitrogen and oxygen atoms in total. The Morgan fingerprint density at radius 3 is 1.71 bits per heavy atom. The first-order chi connectivity index (χ1) is 6.21. The van der Waals surface area contributed by atoms with Gasteiger partial charge in [-0.2, -0.15) is 0 Å². The number of allylic oxidation sites excluding steroid dienone is 2. The zero-order valence-corrected chi connectivity index (χ0v) is 8.62. The summed E-state index contributed by atoms with van der Waals surface area (Å²) in [6.07, 6.45) is -2.96. The molecule has 0 aromatic rings. The molecule has 0 saturated carbocycles. The van der Waals surface area contributed by atoms with E-state index < -0.39 is 25.1 Å². The Kier molecular flexibility index (Phi) is 4.18. The van der Waals surface area contributed by atoms with Crippen LogP contribution in [0.25, 0.3) is 0 Å². The summed E-state index contributed by atoms with van der Waals surface area (Å²) >= 11 is 0. The van der Waals surface area contributed by atoms with E-state index in [0.29, 0.717) is 12.2 Å². The normalized spacial score (nSPS) is 20.6. The van der Waals surface area contributed by atoms with Crippen molar-refractivity contribution in [1.29, 1.82) is 0 Å². The van der Waals surface area contributed by atoms with E-state index in [1.54, 1.807) is 0 Å². The molecule has 6 heteroatoms. The maximum atomic E-state index is 13.2. The van der Waals surface area contributed by atoms with Gasteiger partial charge in [-0.3, -0.25) is 4.57 Å². The third kappa shape index (κ3) is 2.11. The molecule has 2 N–H and O–H groups in total. The predicted octanol–water partition coefficient (Wildman–Crippen LogP) is 1.97. The summed E-state index contributed by atoms with van der Waals surface area (Å²) in [5.41, 5.74) is 0. The Hall–Kier alpha value is -0.510. The van der Waals surface area contributed by atoms with Gasteiger partial charge in [0.2, 0.25) is 0 Å². The van der Waals surface area contributed by atoms with Gasteiger partial charge in [-0.05, 0) is 6.92 Å². The highest BCUT2D eigenvalue weighted by Crippen LogP contribution is 2.56. The molecule has 0 bridgehead atoms. The zero-order valence-electron chi connectivity index (χ0n) is 7.73. The van der Waals surface area contributed by atoms with E-state index in [9.17, 15) is 13.3 Å². The van der Waals surface area contributed by atoms with Gasteiger partial charge in [-0.15, -0.1) is 13.2 Å². The van der Waals surface area contributed by atoms with E-state index in [1.165, 1.54) is 0 Å². The molecule has 0 saturated heterocycles. The fraction of sp³-hybridized carbons (Fsp3) is 0.500. The standard InChI is InChI=1S/C8H13F2O3P/c1-4-6(9)8(3,7(10)5-2)14(11,12)13/h4-7H,1-2H2,3H3,(H2,11,12,13). The van der Waals surface area contributed by atoms with Crippen LogP contribution in [-0.2, 0) is 4.57 Å². The van der Waals surface area contributed by atoms with Gasteiger partial charge in [0.1, 0.15) is 17.5 Å². The van der Waals surface area contributed by atoms with Crippen LogP contribution in [0.15, 0.2) is 25.3 Å². The minimum Gasteiger partial charge on any atom is -0.324 e. The molecule has 0 rings (SSSR count). The SMILES string of the molecule is C=CC(F)C(C)(C(F)C=C)P(=O)(O)O. The zero-order chi connectivity index (χ0) is 11.6. The number of rotatable bonds is 5. The first-order valence-electron chi connectivity index (χ1n) is 3.80. The maximum absolute atomic E-state index is 13.2. The van der Waals surface area contributed by atoms with Gasteiger partial charge in [0.15, 0.2) is 0 Å². The van der Waals surface area contributed by atoms with Crippen LogP contribution in [-0.4, -0.2) is 27.3 Å². The highest BCUT2D eigenvalue weighted by atomic mass is 31.2. The monoisotopic (exact) mass is 226 g/mol. The molecule has 0 aliphatic rings. The van der Waals surface area contributed by atoms with Crippen molar-refractivity contribution in [3.63, 3.8) is 0 Å². The summed E-state index contributed by atoms with van der Waals surface area (Å²) in [7, 11) is -4.93. The van der Waals surface area contributed by atoms with Crippen molar-refractivity contribution in [1.82, 2.24) is 0 Å². The van der Waals surface area contributed by atoms with Gasteiger partial charge in [-0.25, -0.2) is 8.78 Å². The van der Waals surface area contributed by atoms with Crippen LogP contribution in [0, 0.1) is 0 Å². The number of alkyl halides is 2. The number of hydrogen-bond acceptors (Lipinski definition) is 1. The first-order valence-corrected chi connectivity index (χ1v) is 5.42. The Labute approximate surface area is 81.3 Å². The fourth-order valence-electron chi connectivity index (χ4n) is 0.951. The second-order valence-electron chi connectivity index (χ2n) is 3.04. The number of hydrogen-bond donors (Lipinski definition) is 2. The van der Waals surface area contributed by atoms with Gasteiger partial charge >= 0.3 is 7.60 Å². The van der Waals surface area contributed by atoms with E-state index in [0.717, 1.165) is 6.92 Å². The third-order valence-electron chi connectivity index (χ3n) is 2.16. The average Bonchev–Trinajstić information content (AvgIpc) is 2.12. The highest BCUT2D eigenvalue weighted by molar-refractivity contribution is 7.53. The molecule has 0 aromatic heterocycles. The molecule has 0 radical (unpaired) electrons. The maximum Gasteiger partial charge on any atom is 0.337 e. The van der Waals surface area contributed by atoms with Gasteiger partial charge in [0.05, 0.1) is 0 Å². The quantitative estimate of drug-likeness (QED) is 0.556. The molecule has 0 amide bonds. The second kappa shape index (κ2) is 4.34. The summed E-state index contributed by atoms with van der Waals surface area (Å²) in [4.78, 5) is 17.8. The third-order valence-corrected chi connectivity index (χ3v) is 3.91.